The molecule has 0 N–H and O–H groups in total. The smallest absolute Gasteiger partial charge is 0.172 e. The molecule has 24 heavy (non-hydrogen) atoms. The molecule has 0 radical (unpaired) electrons. The molecule has 0 bridgehead atoms. The minimum atomic E-state index is -0.680. The van der Waals surface area contributed by atoms with Gasteiger partial charge in [0, 0.05) is 29.4 Å². The molecule has 0 fully saturated rings. The molecule has 0 unspecified atom stereocenters. The monoisotopic (exact) mass is 346 g/mol. The highest BCUT2D eigenvalue weighted by Gasteiger charge is 2.12. The van der Waals surface area contributed by atoms with E-state index in [0.29, 0.717) is 22.0 Å². The number of nitrogens with zero attached hydrogens (tertiary/aromatic N) is 2. The first-order chi connectivity index (χ1) is 11.7. The van der Waals surface area contributed by atoms with Crippen molar-refractivity contribution in [2.75, 3.05) is 7.11 Å². The van der Waals surface area contributed by atoms with Crippen molar-refractivity contribution in [3.63, 3.8) is 0 Å². The van der Waals surface area contributed by atoms with E-state index in [1.807, 2.05) is 35.0 Å². The predicted octanol–water partition coefficient (Wildman–Crippen LogP) is 4.78. The molecule has 1 heterocycles. The normalized spacial score (nSPS) is 10.8. The number of rotatable bonds is 6. The second-order valence-electron chi connectivity index (χ2n) is 5.08. The number of hydrogen-bond donors (Lipinski definition) is 0. The molecule has 0 atom stereocenters. The number of aromatic nitrogens is 2. The number of methoxy groups -OCH3 is 1. The third kappa shape index (κ3) is 3.43. The van der Waals surface area contributed by atoms with Crippen LogP contribution >= 0.6 is 11.8 Å². The summed E-state index contributed by atoms with van der Waals surface area (Å²) in [4.78, 5) is 4.31. The Kier molecular flexibility index (Phi) is 5.15. The lowest BCUT2D eigenvalue weighted by atomic mass is 10.1. The lowest BCUT2D eigenvalue weighted by Gasteiger charge is -2.10. The number of benzene rings is 2. The van der Waals surface area contributed by atoms with E-state index in [0.717, 1.165) is 11.4 Å². The zero-order valence-corrected chi connectivity index (χ0v) is 13.9. The Hall–Kier alpha value is -2.34. The Bertz CT molecular complexity index is 818. The molecule has 2 aromatic carbocycles. The molecule has 0 aliphatic carbocycles. The topological polar surface area (TPSA) is 27.1 Å². The summed E-state index contributed by atoms with van der Waals surface area (Å²) in [5.74, 6) is 0.700. The van der Waals surface area contributed by atoms with Crippen LogP contribution in [0.5, 0.6) is 5.75 Å². The van der Waals surface area contributed by atoms with Crippen molar-refractivity contribution >= 4 is 11.8 Å². The van der Waals surface area contributed by atoms with Crippen LogP contribution in [-0.2, 0) is 12.4 Å². The fourth-order valence-corrected chi connectivity index (χ4v) is 3.40. The fraction of sp³-hybridized carbons (Fsp3) is 0.167. The van der Waals surface area contributed by atoms with Crippen LogP contribution in [0.15, 0.2) is 60.0 Å². The fourth-order valence-electron chi connectivity index (χ4n) is 2.36. The zero-order valence-electron chi connectivity index (χ0n) is 13.1. The number of alkyl halides is 1. The minimum Gasteiger partial charge on any atom is -0.497 e. The molecule has 124 valence electrons. The molecule has 0 spiro atoms. The molecular formula is C18H16F2N2OS. The Labute approximate surface area is 143 Å². The first-order valence-corrected chi connectivity index (χ1v) is 8.34. The summed E-state index contributed by atoms with van der Waals surface area (Å²) < 4.78 is 34.0. The van der Waals surface area contributed by atoms with Crippen molar-refractivity contribution in [3.8, 4) is 11.4 Å². The van der Waals surface area contributed by atoms with Gasteiger partial charge >= 0.3 is 0 Å². The number of thioether (sulfide) groups is 1. The van der Waals surface area contributed by atoms with Crippen LogP contribution in [0.25, 0.3) is 5.69 Å². The van der Waals surface area contributed by atoms with Crippen molar-refractivity contribution in [1.29, 1.82) is 0 Å². The van der Waals surface area contributed by atoms with Crippen molar-refractivity contribution in [2.24, 2.45) is 0 Å². The zero-order chi connectivity index (χ0) is 16.9. The Morgan fingerprint density at radius 3 is 2.67 bits per heavy atom. The number of halogens is 2. The Morgan fingerprint density at radius 1 is 1.17 bits per heavy atom. The van der Waals surface area contributed by atoms with E-state index in [2.05, 4.69) is 4.98 Å². The van der Waals surface area contributed by atoms with Gasteiger partial charge in [-0.15, -0.1) is 0 Å². The number of imidazole rings is 1. The minimum absolute atomic E-state index is 0.319. The number of hydrogen-bond acceptors (Lipinski definition) is 3. The van der Waals surface area contributed by atoms with E-state index in [1.165, 1.54) is 23.9 Å². The van der Waals surface area contributed by atoms with Crippen molar-refractivity contribution < 1.29 is 13.5 Å². The quantitative estimate of drug-likeness (QED) is 0.601. The SMILES string of the molecule is COc1ccc(-n2ccnc2SCc2c(F)cccc2CF)cc1. The maximum absolute atomic E-state index is 14.0. The standard InChI is InChI=1S/C18H16F2N2OS/c1-23-15-7-5-14(6-8-15)22-10-9-21-18(22)24-12-16-13(11-19)3-2-4-17(16)20/h2-10H,11-12H2,1H3. The molecule has 1 aromatic heterocycles. The maximum Gasteiger partial charge on any atom is 0.172 e. The summed E-state index contributed by atoms with van der Waals surface area (Å²) in [6, 6.07) is 12.0. The molecular weight excluding hydrogens is 330 g/mol. The average Bonchev–Trinajstić information content (AvgIpc) is 3.09. The summed E-state index contributed by atoms with van der Waals surface area (Å²) in [6.07, 6.45) is 3.52. The molecule has 3 nitrogen and oxygen atoms in total. The van der Waals surface area contributed by atoms with E-state index in [9.17, 15) is 8.78 Å². The predicted molar refractivity (Wildman–Crippen MR) is 90.9 cm³/mol. The second-order valence-corrected chi connectivity index (χ2v) is 6.02. The lowest BCUT2D eigenvalue weighted by Crippen LogP contribution is -1.98. The highest BCUT2D eigenvalue weighted by atomic mass is 32.2. The molecule has 0 aliphatic heterocycles. The summed E-state index contributed by atoms with van der Waals surface area (Å²) >= 11 is 1.37. The Balaban J connectivity index is 1.81. The van der Waals surface area contributed by atoms with Crippen LogP contribution in [0.1, 0.15) is 11.1 Å². The highest BCUT2D eigenvalue weighted by molar-refractivity contribution is 7.98. The highest BCUT2D eigenvalue weighted by Crippen LogP contribution is 2.28. The second kappa shape index (κ2) is 7.49. The molecule has 0 amide bonds. The first kappa shape index (κ1) is 16.5. The largest absolute Gasteiger partial charge is 0.497 e. The maximum atomic E-state index is 14.0. The molecule has 0 aliphatic rings. The summed E-state index contributed by atoms with van der Waals surface area (Å²) in [5, 5.41) is 0.716. The molecule has 0 saturated carbocycles. The van der Waals surface area contributed by atoms with Crippen LogP contribution in [0.2, 0.25) is 0 Å². The third-order valence-corrected chi connectivity index (χ3v) is 4.66. The molecule has 0 saturated heterocycles. The van der Waals surface area contributed by atoms with E-state index < -0.39 is 6.67 Å². The van der Waals surface area contributed by atoms with Gasteiger partial charge in [0.25, 0.3) is 0 Å². The summed E-state index contributed by atoms with van der Waals surface area (Å²) in [6.45, 7) is -0.680. The van der Waals surface area contributed by atoms with Gasteiger partial charge in [-0.05, 0) is 35.9 Å². The van der Waals surface area contributed by atoms with Crippen LogP contribution in [0.3, 0.4) is 0 Å². The van der Waals surface area contributed by atoms with E-state index in [-0.39, 0.29) is 5.82 Å². The van der Waals surface area contributed by atoms with Crippen LogP contribution in [-0.4, -0.2) is 16.7 Å². The van der Waals surface area contributed by atoms with E-state index in [1.54, 1.807) is 19.4 Å². The van der Waals surface area contributed by atoms with Gasteiger partial charge in [-0.25, -0.2) is 13.8 Å². The van der Waals surface area contributed by atoms with Gasteiger partial charge in [-0.3, -0.25) is 4.57 Å². The molecule has 3 rings (SSSR count). The van der Waals surface area contributed by atoms with Gasteiger partial charge in [-0.2, -0.15) is 0 Å². The Morgan fingerprint density at radius 2 is 1.96 bits per heavy atom. The summed E-state index contributed by atoms with van der Waals surface area (Å²) in [5.41, 5.74) is 1.69. The van der Waals surface area contributed by atoms with Crippen LogP contribution in [0.4, 0.5) is 8.78 Å². The van der Waals surface area contributed by atoms with E-state index >= 15 is 0 Å². The van der Waals surface area contributed by atoms with Gasteiger partial charge in [0.1, 0.15) is 18.2 Å². The van der Waals surface area contributed by atoms with Gasteiger partial charge in [-0.1, -0.05) is 23.9 Å². The van der Waals surface area contributed by atoms with Crippen LogP contribution in [0, 0.1) is 5.82 Å². The average molecular weight is 346 g/mol. The van der Waals surface area contributed by atoms with Gasteiger partial charge in [0.05, 0.1) is 7.11 Å². The number of ether oxygens (including phenoxy) is 1. The molecule has 6 heteroatoms. The third-order valence-electron chi connectivity index (χ3n) is 3.66. The summed E-state index contributed by atoms with van der Waals surface area (Å²) in [7, 11) is 1.62. The van der Waals surface area contributed by atoms with Gasteiger partial charge in [0.15, 0.2) is 5.16 Å². The van der Waals surface area contributed by atoms with E-state index in [4.69, 9.17) is 4.74 Å². The van der Waals surface area contributed by atoms with Crippen molar-refractivity contribution in [3.05, 3.63) is 71.8 Å². The van der Waals surface area contributed by atoms with Gasteiger partial charge < -0.3 is 4.74 Å². The first-order valence-electron chi connectivity index (χ1n) is 7.35. The molecule has 3 aromatic rings. The van der Waals surface area contributed by atoms with Gasteiger partial charge in [0.2, 0.25) is 0 Å². The van der Waals surface area contributed by atoms with Crippen LogP contribution < -0.4 is 4.74 Å². The lowest BCUT2D eigenvalue weighted by molar-refractivity contribution is 0.414. The van der Waals surface area contributed by atoms with Crippen molar-refractivity contribution in [2.45, 2.75) is 17.6 Å². The van der Waals surface area contributed by atoms with Crippen molar-refractivity contribution in [1.82, 2.24) is 9.55 Å².